The van der Waals surface area contributed by atoms with Gasteiger partial charge < -0.3 is 9.47 Å². The molecule has 3 heterocycles. The molecule has 2 aromatic heterocycles. The minimum absolute atomic E-state index is 0.464. The van der Waals surface area contributed by atoms with E-state index in [2.05, 4.69) is 63.3 Å². The quantitative estimate of drug-likeness (QED) is 0.821. The smallest absolute Gasteiger partial charge is 0.0952 e. The number of pyridine rings is 1. The SMILES string of the molecule is CCN(CC)C[C@@H]1CN(Cc2cccc(C)n2)Cc2cncn21. The van der Waals surface area contributed by atoms with Gasteiger partial charge in [0, 0.05) is 38.1 Å². The second-order valence-corrected chi connectivity index (χ2v) is 6.37. The molecule has 0 radical (unpaired) electrons. The molecule has 1 aliphatic rings. The maximum absolute atomic E-state index is 4.65. The molecule has 0 spiro atoms. The minimum Gasteiger partial charge on any atom is -0.328 e. The molecule has 5 heteroatoms. The number of aromatic nitrogens is 3. The van der Waals surface area contributed by atoms with Crippen molar-refractivity contribution < 1.29 is 0 Å². The summed E-state index contributed by atoms with van der Waals surface area (Å²) >= 11 is 0. The predicted octanol–water partition coefficient (Wildman–Crippen LogP) is 2.49. The fourth-order valence-electron chi connectivity index (χ4n) is 3.43. The van der Waals surface area contributed by atoms with Crippen LogP contribution in [0.3, 0.4) is 0 Å². The van der Waals surface area contributed by atoms with E-state index in [0.717, 1.165) is 50.7 Å². The van der Waals surface area contributed by atoms with Crippen molar-refractivity contribution in [3.8, 4) is 0 Å². The van der Waals surface area contributed by atoms with Gasteiger partial charge in [0.15, 0.2) is 0 Å². The summed E-state index contributed by atoms with van der Waals surface area (Å²) in [5, 5.41) is 0. The fraction of sp³-hybridized carbons (Fsp3) is 0.556. The average Bonchev–Trinajstić information content (AvgIpc) is 3.01. The fourth-order valence-corrected chi connectivity index (χ4v) is 3.43. The molecule has 124 valence electrons. The molecule has 0 bridgehead atoms. The lowest BCUT2D eigenvalue weighted by Crippen LogP contribution is -2.42. The van der Waals surface area contributed by atoms with Crippen LogP contribution >= 0.6 is 0 Å². The molecule has 3 rings (SSSR count). The Morgan fingerprint density at radius 2 is 2.09 bits per heavy atom. The number of rotatable bonds is 6. The number of nitrogens with zero attached hydrogens (tertiary/aromatic N) is 5. The monoisotopic (exact) mass is 313 g/mol. The summed E-state index contributed by atoms with van der Waals surface area (Å²) in [6.07, 6.45) is 4.00. The summed E-state index contributed by atoms with van der Waals surface area (Å²) in [5.41, 5.74) is 3.55. The largest absolute Gasteiger partial charge is 0.328 e. The van der Waals surface area contributed by atoms with E-state index in [1.807, 2.05) is 12.5 Å². The topological polar surface area (TPSA) is 37.2 Å². The number of hydrogen-bond acceptors (Lipinski definition) is 4. The van der Waals surface area contributed by atoms with Crippen LogP contribution in [-0.4, -0.2) is 50.5 Å². The molecule has 1 aliphatic heterocycles. The van der Waals surface area contributed by atoms with Crippen molar-refractivity contribution in [1.82, 2.24) is 24.3 Å². The Morgan fingerprint density at radius 1 is 1.26 bits per heavy atom. The molecule has 5 nitrogen and oxygen atoms in total. The molecule has 0 N–H and O–H groups in total. The molecule has 0 saturated carbocycles. The van der Waals surface area contributed by atoms with E-state index in [9.17, 15) is 0 Å². The molecule has 2 aromatic rings. The molecule has 0 aromatic carbocycles. The molecule has 1 atom stereocenters. The normalized spacial score (nSPS) is 18.3. The van der Waals surface area contributed by atoms with Gasteiger partial charge in [0.1, 0.15) is 0 Å². The number of hydrogen-bond donors (Lipinski definition) is 0. The number of fused-ring (bicyclic) bond motifs is 1. The van der Waals surface area contributed by atoms with E-state index in [1.54, 1.807) is 0 Å². The standard InChI is InChI=1S/C18H27N5/c1-4-21(5-2)12-18-13-22(11-17-9-19-14-23(17)18)10-16-8-6-7-15(3)20-16/h6-9,14,18H,4-5,10-13H2,1-3H3/t18-/m1/s1. The Labute approximate surface area is 139 Å². The second kappa shape index (κ2) is 7.23. The lowest BCUT2D eigenvalue weighted by molar-refractivity contribution is 0.142. The first kappa shape index (κ1) is 16.1. The van der Waals surface area contributed by atoms with Gasteiger partial charge in [0.05, 0.1) is 23.8 Å². The zero-order valence-electron chi connectivity index (χ0n) is 14.4. The highest BCUT2D eigenvalue weighted by molar-refractivity contribution is 5.11. The summed E-state index contributed by atoms with van der Waals surface area (Å²) in [6, 6.07) is 6.74. The van der Waals surface area contributed by atoms with E-state index in [1.165, 1.54) is 5.69 Å². The molecular weight excluding hydrogens is 286 g/mol. The Kier molecular flexibility index (Phi) is 5.08. The summed E-state index contributed by atoms with van der Waals surface area (Å²) in [5.74, 6) is 0. The van der Waals surface area contributed by atoms with Gasteiger partial charge >= 0.3 is 0 Å². The summed E-state index contributed by atoms with van der Waals surface area (Å²) in [4.78, 5) is 14.0. The van der Waals surface area contributed by atoms with Crippen molar-refractivity contribution in [2.24, 2.45) is 0 Å². The van der Waals surface area contributed by atoms with Gasteiger partial charge in [0.25, 0.3) is 0 Å². The lowest BCUT2D eigenvalue weighted by Gasteiger charge is -2.36. The molecule has 23 heavy (non-hydrogen) atoms. The number of imidazole rings is 1. The molecule has 0 amide bonds. The third-order valence-corrected chi connectivity index (χ3v) is 4.69. The van der Waals surface area contributed by atoms with Gasteiger partial charge in [0.2, 0.25) is 0 Å². The first-order valence-corrected chi connectivity index (χ1v) is 8.57. The zero-order valence-corrected chi connectivity index (χ0v) is 14.4. The maximum atomic E-state index is 4.65. The molecule has 0 unspecified atom stereocenters. The highest BCUT2D eigenvalue weighted by atomic mass is 15.3. The summed E-state index contributed by atoms with van der Waals surface area (Å²) in [7, 11) is 0. The van der Waals surface area contributed by atoms with Crippen molar-refractivity contribution in [2.75, 3.05) is 26.2 Å². The Balaban J connectivity index is 1.74. The van der Waals surface area contributed by atoms with E-state index in [-0.39, 0.29) is 0 Å². The van der Waals surface area contributed by atoms with Crippen molar-refractivity contribution >= 4 is 0 Å². The van der Waals surface area contributed by atoms with Crippen LogP contribution in [-0.2, 0) is 13.1 Å². The first-order chi connectivity index (χ1) is 11.2. The van der Waals surface area contributed by atoms with Crippen LogP contribution < -0.4 is 0 Å². The van der Waals surface area contributed by atoms with Crippen molar-refractivity contribution in [3.63, 3.8) is 0 Å². The zero-order chi connectivity index (χ0) is 16.2. The lowest BCUT2D eigenvalue weighted by atomic mass is 10.1. The Morgan fingerprint density at radius 3 is 2.83 bits per heavy atom. The third kappa shape index (κ3) is 3.79. The van der Waals surface area contributed by atoms with Crippen LogP contribution in [0, 0.1) is 6.92 Å². The first-order valence-electron chi connectivity index (χ1n) is 8.57. The van der Waals surface area contributed by atoms with Crippen LogP contribution in [0.1, 0.15) is 37.0 Å². The van der Waals surface area contributed by atoms with Crippen LogP contribution in [0.5, 0.6) is 0 Å². The van der Waals surface area contributed by atoms with Gasteiger partial charge in [-0.05, 0) is 32.1 Å². The third-order valence-electron chi connectivity index (χ3n) is 4.69. The maximum Gasteiger partial charge on any atom is 0.0952 e. The van der Waals surface area contributed by atoms with E-state index >= 15 is 0 Å². The molecule has 0 saturated heterocycles. The van der Waals surface area contributed by atoms with E-state index in [4.69, 9.17) is 0 Å². The highest BCUT2D eigenvalue weighted by Crippen LogP contribution is 2.23. The van der Waals surface area contributed by atoms with E-state index in [0.29, 0.717) is 6.04 Å². The van der Waals surface area contributed by atoms with Gasteiger partial charge in [-0.1, -0.05) is 19.9 Å². The molecule has 0 aliphatic carbocycles. The van der Waals surface area contributed by atoms with Gasteiger partial charge in [-0.25, -0.2) is 4.98 Å². The molecule has 0 fully saturated rings. The summed E-state index contributed by atoms with van der Waals surface area (Å²) in [6.45, 7) is 12.7. The second-order valence-electron chi connectivity index (χ2n) is 6.37. The van der Waals surface area contributed by atoms with Gasteiger partial charge in [-0.15, -0.1) is 0 Å². The van der Waals surface area contributed by atoms with Crippen LogP contribution in [0.4, 0.5) is 0 Å². The summed E-state index contributed by atoms with van der Waals surface area (Å²) < 4.78 is 2.36. The van der Waals surface area contributed by atoms with Crippen LogP contribution in [0.15, 0.2) is 30.7 Å². The van der Waals surface area contributed by atoms with Gasteiger partial charge in [-0.2, -0.15) is 0 Å². The Bertz CT molecular complexity index is 632. The van der Waals surface area contributed by atoms with Crippen LogP contribution in [0.25, 0.3) is 0 Å². The predicted molar refractivity (Wildman–Crippen MR) is 92.1 cm³/mol. The molecular formula is C18H27N5. The Hall–Kier alpha value is -1.72. The van der Waals surface area contributed by atoms with Crippen molar-refractivity contribution in [2.45, 2.75) is 39.9 Å². The van der Waals surface area contributed by atoms with Crippen LogP contribution in [0.2, 0.25) is 0 Å². The number of likely N-dealkylation sites (N-methyl/N-ethyl adjacent to an activating group) is 1. The number of aryl methyl sites for hydroxylation is 1. The van der Waals surface area contributed by atoms with Gasteiger partial charge in [-0.3, -0.25) is 9.88 Å². The van der Waals surface area contributed by atoms with Crippen molar-refractivity contribution in [1.29, 1.82) is 0 Å². The highest BCUT2D eigenvalue weighted by Gasteiger charge is 2.26. The van der Waals surface area contributed by atoms with E-state index < -0.39 is 0 Å². The minimum atomic E-state index is 0.464. The van der Waals surface area contributed by atoms with Crippen molar-refractivity contribution in [3.05, 3.63) is 47.8 Å². The average molecular weight is 313 g/mol.